The largest absolute Gasteiger partial charge is 0.496 e. The normalized spacial score (nSPS) is 16.7. The Bertz CT molecular complexity index is 927. The first kappa shape index (κ1) is 8.71. The first-order valence-corrected chi connectivity index (χ1v) is 6.01. The minimum absolute atomic E-state index is 0.0135. The van der Waals surface area contributed by atoms with Crippen molar-refractivity contribution in [3.05, 3.63) is 29.9 Å². The van der Waals surface area contributed by atoms with Crippen molar-refractivity contribution in [2.24, 2.45) is 5.16 Å². The second-order valence-electron chi connectivity index (χ2n) is 5.21. The first-order valence-electron chi connectivity index (χ1n) is 9.01. The third-order valence-corrected chi connectivity index (χ3v) is 2.51. The molecule has 21 heavy (non-hydrogen) atoms. The van der Waals surface area contributed by atoms with E-state index in [1.54, 1.807) is 20.8 Å². The van der Waals surface area contributed by atoms with E-state index in [1.807, 2.05) is 0 Å². The van der Waals surface area contributed by atoms with Gasteiger partial charge in [-0.15, -0.1) is 0 Å². The molecule has 0 radical (unpaired) electrons. The Morgan fingerprint density at radius 2 is 2.29 bits per heavy atom. The van der Waals surface area contributed by atoms with Crippen LogP contribution in [0.3, 0.4) is 0 Å². The Morgan fingerprint density at radius 1 is 1.52 bits per heavy atom. The van der Waals surface area contributed by atoms with E-state index in [0.29, 0.717) is 0 Å². The number of rotatable bonds is 2. The highest BCUT2D eigenvalue weighted by molar-refractivity contribution is 6.05. The smallest absolute Gasteiger partial charge is 0.419 e. The molecule has 1 N–H and O–H groups in total. The molecule has 0 unspecified atom stereocenters. The molecule has 112 valence electrons. The van der Waals surface area contributed by atoms with Crippen LogP contribution in [0.2, 0.25) is 0 Å². The van der Waals surface area contributed by atoms with Crippen molar-refractivity contribution in [3.63, 3.8) is 0 Å². The van der Waals surface area contributed by atoms with E-state index < -0.39 is 42.6 Å². The van der Waals surface area contributed by atoms with Crippen molar-refractivity contribution < 1.29 is 27.7 Å². The van der Waals surface area contributed by atoms with Crippen LogP contribution in [0, 0.1) is 0 Å². The minimum Gasteiger partial charge on any atom is -0.496 e. The second kappa shape index (κ2) is 5.47. The van der Waals surface area contributed by atoms with Crippen molar-refractivity contribution in [1.82, 2.24) is 4.57 Å². The quantitative estimate of drug-likeness (QED) is 0.524. The zero-order valence-electron chi connectivity index (χ0n) is 17.7. The van der Waals surface area contributed by atoms with Gasteiger partial charge in [-0.3, -0.25) is 4.57 Å². The molecule has 2 rings (SSSR count). The second-order valence-corrected chi connectivity index (χ2v) is 5.21. The van der Waals surface area contributed by atoms with Crippen LogP contribution >= 0.6 is 0 Å². The molecular formula is C15H18N2O4. The van der Waals surface area contributed by atoms with Crippen molar-refractivity contribution in [1.29, 1.82) is 0 Å². The predicted molar refractivity (Wildman–Crippen MR) is 79.5 cm³/mol. The van der Waals surface area contributed by atoms with Gasteiger partial charge < -0.3 is 14.7 Å². The third kappa shape index (κ3) is 2.99. The molecule has 1 aromatic heterocycles. The molecule has 0 saturated carbocycles. The van der Waals surface area contributed by atoms with Crippen molar-refractivity contribution in [2.45, 2.75) is 26.4 Å². The molecule has 1 heterocycles. The number of carbonyl (C=O) groups is 1. The average Bonchev–Trinajstić information content (AvgIpc) is 2.87. The van der Waals surface area contributed by atoms with Gasteiger partial charge in [0.25, 0.3) is 0 Å². The maximum absolute atomic E-state index is 12.5. The van der Waals surface area contributed by atoms with E-state index in [4.69, 9.17) is 22.9 Å². The third-order valence-electron chi connectivity index (χ3n) is 2.51. The Balaban J connectivity index is 2.91. The van der Waals surface area contributed by atoms with Crippen LogP contribution in [-0.2, 0) is 4.74 Å². The lowest BCUT2D eigenvalue weighted by Gasteiger charge is -2.19. The molecule has 6 heteroatoms. The van der Waals surface area contributed by atoms with Gasteiger partial charge in [-0.1, -0.05) is 11.2 Å². The monoisotopic (exact) mass is 296 g/mol. The van der Waals surface area contributed by atoms with Crippen molar-refractivity contribution >= 4 is 23.2 Å². The molecule has 0 aliphatic heterocycles. The van der Waals surface area contributed by atoms with Crippen LogP contribution in [0.1, 0.15) is 34.6 Å². The van der Waals surface area contributed by atoms with Crippen molar-refractivity contribution in [3.8, 4) is 5.75 Å². The van der Waals surface area contributed by atoms with Gasteiger partial charge >= 0.3 is 6.09 Å². The highest BCUT2D eigenvalue weighted by Gasteiger charge is 2.21. The van der Waals surface area contributed by atoms with Gasteiger partial charge in [-0.2, -0.15) is 0 Å². The van der Waals surface area contributed by atoms with Gasteiger partial charge in [-0.25, -0.2) is 4.79 Å². The Morgan fingerprint density at radius 3 is 2.90 bits per heavy atom. The lowest BCUT2D eigenvalue weighted by atomic mass is 10.1. The van der Waals surface area contributed by atoms with E-state index >= 15 is 0 Å². The van der Waals surface area contributed by atoms with Crippen LogP contribution < -0.4 is 4.74 Å². The highest BCUT2D eigenvalue weighted by Crippen LogP contribution is 2.30. The first-order chi connectivity index (χ1) is 12.3. The zero-order valence-corrected chi connectivity index (χ0v) is 11.7. The van der Waals surface area contributed by atoms with Crippen LogP contribution in [0.4, 0.5) is 4.79 Å². The van der Waals surface area contributed by atoms with Gasteiger partial charge in [0.1, 0.15) is 11.4 Å². The SMILES string of the molecule is [2H]c1c([2H])c([2H])c2c(c(/C=N/O)cn2C(=O)OC(C)(C)C)c1OC([2H])([2H])[2H]. The van der Waals surface area contributed by atoms with Crippen LogP contribution in [0.15, 0.2) is 29.5 Å². The average molecular weight is 296 g/mol. The number of methoxy groups -OCH3 is 1. The molecular weight excluding hydrogens is 272 g/mol. The summed E-state index contributed by atoms with van der Waals surface area (Å²) in [6.45, 7) is 4.90. The summed E-state index contributed by atoms with van der Waals surface area (Å²) in [4.78, 5) is 12.5. The summed E-state index contributed by atoms with van der Waals surface area (Å²) in [5, 5.41) is 11.6. The Hall–Kier alpha value is -2.50. The zero-order chi connectivity index (χ0) is 20.7. The van der Waals surface area contributed by atoms with Crippen molar-refractivity contribution in [2.75, 3.05) is 7.04 Å². The molecule has 0 aliphatic carbocycles. The minimum atomic E-state index is -2.94. The number of ether oxygens (including phenoxy) is 2. The Kier molecular flexibility index (Phi) is 2.27. The lowest BCUT2D eigenvalue weighted by molar-refractivity contribution is 0.0544. The van der Waals surface area contributed by atoms with E-state index in [1.165, 1.54) is 0 Å². The molecule has 6 nitrogen and oxygen atoms in total. The molecule has 0 spiro atoms. The van der Waals surface area contributed by atoms with E-state index in [2.05, 4.69) is 5.16 Å². The maximum atomic E-state index is 12.5. The fraction of sp³-hybridized carbons (Fsp3) is 0.333. The summed E-state index contributed by atoms with van der Waals surface area (Å²) in [5.74, 6) is -0.525. The molecule has 1 aromatic carbocycles. The highest BCUT2D eigenvalue weighted by atomic mass is 16.6. The van der Waals surface area contributed by atoms with Gasteiger partial charge in [-0.05, 0) is 32.9 Å². The number of nitrogens with zero attached hydrogens (tertiary/aromatic N) is 2. The van der Waals surface area contributed by atoms with E-state index in [9.17, 15) is 4.79 Å². The molecule has 0 aliphatic rings. The lowest BCUT2D eigenvalue weighted by Crippen LogP contribution is -2.26. The van der Waals surface area contributed by atoms with Gasteiger partial charge in [0, 0.05) is 11.8 Å². The molecule has 0 saturated heterocycles. The van der Waals surface area contributed by atoms with Gasteiger partial charge in [0.2, 0.25) is 0 Å². The number of oxime groups is 1. The fourth-order valence-corrected chi connectivity index (χ4v) is 1.79. The summed E-state index contributed by atoms with van der Waals surface area (Å²) in [5.41, 5.74) is -1.04. The summed E-state index contributed by atoms with van der Waals surface area (Å²) in [7, 11) is -2.94. The van der Waals surface area contributed by atoms with Crippen LogP contribution in [0.5, 0.6) is 5.75 Å². The fourth-order valence-electron chi connectivity index (χ4n) is 1.79. The standard InChI is InChI=1S/C15H18N2O4/c1-15(2,3)21-14(18)17-9-10(8-16-19)13-11(17)6-5-7-12(13)20-4/h5-9,19H,1-4H3/b16-8+/i4D3,5D,6D,7D. The van der Waals surface area contributed by atoms with E-state index in [0.717, 1.165) is 17.0 Å². The van der Waals surface area contributed by atoms with Crippen LogP contribution in [0.25, 0.3) is 10.9 Å². The number of carbonyl (C=O) groups excluding carboxylic acids is 1. The number of aromatic nitrogens is 1. The molecule has 0 amide bonds. The van der Waals surface area contributed by atoms with Gasteiger partial charge in [0.05, 0.1) is 32.4 Å². The molecule has 0 bridgehead atoms. The summed E-state index contributed by atoms with van der Waals surface area (Å²) in [6, 6.07) is -1.77. The summed E-state index contributed by atoms with van der Waals surface area (Å²) >= 11 is 0. The van der Waals surface area contributed by atoms with E-state index in [-0.39, 0.29) is 16.5 Å². The molecule has 0 atom stereocenters. The topological polar surface area (TPSA) is 73.1 Å². The Labute approximate surface area is 131 Å². The van der Waals surface area contributed by atoms with Crippen LogP contribution in [-0.4, -0.2) is 34.7 Å². The predicted octanol–water partition coefficient (Wildman–Crippen LogP) is 3.24. The number of benzene rings is 1. The van der Waals surface area contributed by atoms with Gasteiger partial charge in [0.15, 0.2) is 0 Å². The molecule has 0 fully saturated rings. The molecule has 2 aromatic rings. The summed E-state index contributed by atoms with van der Waals surface area (Å²) in [6.07, 6.45) is 1.16. The number of hydrogen-bond donors (Lipinski definition) is 1. The summed E-state index contributed by atoms with van der Waals surface area (Å²) < 4.78 is 56.9. The number of hydrogen-bond acceptors (Lipinski definition) is 5. The number of fused-ring (bicyclic) bond motifs is 1. The maximum Gasteiger partial charge on any atom is 0.419 e.